The van der Waals surface area contributed by atoms with Crippen LogP contribution in [0.4, 0.5) is 0 Å². The van der Waals surface area contributed by atoms with E-state index in [1.165, 1.54) is 0 Å². The van der Waals surface area contributed by atoms with E-state index in [1.54, 1.807) is 0 Å². The first-order chi connectivity index (χ1) is 7.73. The SMILES string of the molecule is CC(C)c1cc(B2OC(C)(C)C(C)(C)O2)[nH]n1. The fourth-order valence-electron chi connectivity index (χ4n) is 1.74. The zero-order valence-electron chi connectivity index (χ0n) is 11.5. The summed E-state index contributed by atoms with van der Waals surface area (Å²) < 4.78 is 11.9. The first-order valence-electron chi connectivity index (χ1n) is 6.14. The van der Waals surface area contributed by atoms with Crippen LogP contribution in [0, 0.1) is 0 Å². The van der Waals surface area contributed by atoms with Crippen molar-refractivity contribution in [1.29, 1.82) is 0 Å². The van der Waals surface area contributed by atoms with Crippen LogP contribution < -0.4 is 5.59 Å². The molecule has 0 aromatic carbocycles. The summed E-state index contributed by atoms with van der Waals surface area (Å²) in [7, 11) is -0.347. The Bertz CT molecular complexity index is 396. The van der Waals surface area contributed by atoms with Gasteiger partial charge < -0.3 is 9.31 Å². The molecular weight excluding hydrogens is 215 g/mol. The molecule has 1 aliphatic rings. The normalized spacial score (nSPS) is 22.4. The van der Waals surface area contributed by atoms with E-state index < -0.39 is 0 Å². The molecule has 0 amide bonds. The zero-order chi connectivity index (χ0) is 12.8. The van der Waals surface area contributed by atoms with Gasteiger partial charge in [0.25, 0.3) is 0 Å². The van der Waals surface area contributed by atoms with Crippen molar-refractivity contribution in [2.45, 2.75) is 58.7 Å². The second-order valence-corrected chi connectivity index (χ2v) is 5.99. The number of nitrogens with one attached hydrogen (secondary N) is 1. The Morgan fingerprint density at radius 3 is 2.12 bits per heavy atom. The molecular formula is C12H21BN2O2. The third-order valence-electron chi connectivity index (χ3n) is 3.72. The summed E-state index contributed by atoms with van der Waals surface area (Å²) in [6.07, 6.45) is 0. The molecule has 1 fully saturated rings. The van der Waals surface area contributed by atoms with Crippen LogP contribution in [0.3, 0.4) is 0 Å². The van der Waals surface area contributed by atoms with E-state index >= 15 is 0 Å². The van der Waals surface area contributed by atoms with Gasteiger partial charge in [-0.2, -0.15) is 5.10 Å². The van der Waals surface area contributed by atoms with Crippen LogP contribution in [-0.4, -0.2) is 28.5 Å². The number of rotatable bonds is 2. The predicted molar refractivity (Wildman–Crippen MR) is 68.4 cm³/mol. The number of aromatic amines is 1. The predicted octanol–water partition coefficient (Wildman–Crippen LogP) is 1.83. The highest BCUT2D eigenvalue weighted by Gasteiger charge is 2.52. The first kappa shape index (κ1) is 12.6. The maximum Gasteiger partial charge on any atom is 0.513 e. The largest absolute Gasteiger partial charge is 0.513 e. The topological polar surface area (TPSA) is 47.1 Å². The van der Waals surface area contributed by atoms with Gasteiger partial charge >= 0.3 is 7.12 Å². The van der Waals surface area contributed by atoms with Gasteiger partial charge in [0.2, 0.25) is 0 Å². The minimum atomic E-state index is -0.347. The van der Waals surface area contributed by atoms with Crippen molar-refractivity contribution < 1.29 is 9.31 Å². The number of nitrogens with zero attached hydrogens (tertiary/aromatic N) is 1. The summed E-state index contributed by atoms with van der Waals surface area (Å²) in [5.74, 6) is 0.405. The highest BCUT2D eigenvalue weighted by Crippen LogP contribution is 2.36. The van der Waals surface area contributed by atoms with Gasteiger partial charge in [0.05, 0.1) is 22.5 Å². The molecule has 0 spiro atoms. The van der Waals surface area contributed by atoms with Gasteiger partial charge in [-0.3, -0.25) is 5.10 Å². The molecule has 0 atom stereocenters. The lowest BCUT2D eigenvalue weighted by molar-refractivity contribution is 0.00578. The van der Waals surface area contributed by atoms with Crippen LogP contribution in [0.5, 0.6) is 0 Å². The minimum absolute atomic E-state index is 0.305. The Kier molecular flexibility index (Phi) is 2.87. The molecule has 94 valence electrons. The van der Waals surface area contributed by atoms with Gasteiger partial charge in [-0.25, -0.2) is 0 Å². The fourth-order valence-corrected chi connectivity index (χ4v) is 1.74. The molecule has 0 bridgehead atoms. The summed E-state index contributed by atoms with van der Waals surface area (Å²) in [6.45, 7) is 12.4. The van der Waals surface area contributed by atoms with E-state index in [0.29, 0.717) is 5.92 Å². The smallest absolute Gasteiger partial charge is 0.398 e. The van der Waals surface area contributed by atoms with Crippen molar-refractivity contribution in [3.8, 4) is 0 Å². The highest BCUT2D eigenvalue weighted by atomic mass is 16.7. The van der Waals surface area contributed by atoms with E-state index in [9.17, 15) is 0 Å². The van der Waals surface area contributed by atoms with Crippen LogP contribution in [0.1, 0.15) is 53.2 Å². The minimum Gasteiger partial charge on any atom is -0.398 e. The lowest BCUT2D eigenvalue weighted by atomic mass is 9.84. The molecule has 0 saturated carbocycles. The lowest BCUT2D eigenvalue weighted by Gasteiger charge is -2.32. The van der Waals surface area contributed by atoms with Crippen LogP contribution in [0.25, 0.3) is 0 Å². The summed E-state index contributed by atoms with van der Waals surface area (Å²) in [5.41, 5.74) is 1.32. The quantitative estimate of drug-likeness (QED) is 0.797. The second kappa shape index (κ2) is 3.85. The molecule has 17 heavy (non-hydrogen) atoms. The highest BCUT2D eigenvalue weighted by molar-refractivity contribution is 6.61. The molecule has 1 saturated heterocycles. The Morgan fingerprint density at radius 2 is 1.71 bits per heavy atom. The molecule has 0 radical (unpaired) electrons. The van der Waals surface area contributed by atoms with Gasteiger partial charge in [0.1, 0.15) is 0 Å². The molecule has 4 nitrogen and oxygen atoms in total. The van der Waals surface area contributed by atoms with Gasteiger partial charge in [0.15, 0.2) is 0 Å². The fraction of sp³-hybridized carbons (Fsp3) is 0.750. The first-order valence-corrected chi connectivity index (χ1v) is 6.14. The Balaban J connectivity index is 2.20. The maximum atomic E-state index is 5.95. The Hall–Kier alpha value is -0.805. The number of aromatic nitrogens is 2. The third-order valence-corrected chi connectivity index (χ3v) is 3.72. The average Bonchev–Trinajstić information content (AvgIpc) is 2.70. The monoisotopic (exact) mass is 236 g/mol. The van der Waals surface area contributed by atoms with Crippen LogP contribution >= 0.6 is 0 Å². The molecule has 0 unspecified atom stereocenters. The molecule has 5 heteroatoms. The van der Waals surface area contributed by atoms with Crippen molar-refractivity contribution in [3.63, 3.8) is 0 Å². The van der Waals surface area contributed by atoms with Crippen molar-refractivity contribution in [1.82, 2.24) is 10.2 Å². The zero-order valence-corrected chi connectivity index (χ0v) is 11.5. The Labute approximate surface area is 103 Å². The van der Waals surface area contributed by atoms with Crippen LogP contribution in [-0.2, 0) is 9.31 Å². The van der Waals surface area contributed by atoms with E-state index in [2.05, 4.69) is 24.0 Å². The third kappa shape index (κ3) is 2.14. The molecule has 2 heterocycles. The van der Waals surface area contributed by atoms with Crippen molar-refractivity contribution in [3.05, 3.63) is 11.8 Å². The molecule has 2 rings (SSSR count). The molecule has 1 aromatic heterocycles. The van der Waals surface area contributed by atoms with Crippen LogP contribution in [0.2, 0.25) is 0 Å². The summed E-state index contributed by atoms with van der Waals surface area (Å²) in [6, 6.07) is 2.02. The Morgan fingerprint density at radius 1 is 1.18 bits per heavy atom. The van der Waals surface area contributed by atoms with E-state index in [4.69, 9.17) is 9.31 Å². The van der Waals surface area contributed by atoms with E-state index in [0.717, 1.165) is 11.3 Å². The van der Waals surface area contributed by atoms with E-state index in [-0.39, 0.29) is 18.3 Å². The van der Waals surface area contributed by atoms with Gasteiger partial charge in [-0.1, -0.05) is 13.8 Å². The lowest BCUT2D eigenvalue weighted by Crippen LogP contribution is -2.41. The van der Waals surface area contributed by atoms with E-state index in [1.807, 2.05) is 33.8 Å². The number of H-pyrrole nitrogens is 1. The van der Waals surface area contributed by atoms with Crippen LogP contribution in [0.15, 0.2) is 6.07 Å². The molecule has 1 aromatic rings. The molecule has 0 aliphatic carbocycles. The summed E-state index contributed by atoms with van der Waals surface area (Å²) in [5, 5.41) is 7.28. The summed E-state index contributed by atoms with van der Waals surface area (Å²) in [4.78, 5) is 0. The maximum absolute atomic E-state index is 5.95. The van der Waals surface area contributed by atoms with Crippen molar-refractivity contribution >= 4 is 12.7 Å². The average molecular weight is 236 g/mol. The second-order valence-electron chi connectivity index (χ2n) is 5.99. The molecule has 1 aliphatic heterocycles. The number of hydrogen-bond acceptors (Lipinski definition) is 3. The van der Waals surface area contributed by atoms with Crippen molar-refractivity contribution in [2.75, 3.05) is 0 Å². The van der Waals surface area contributed by atoms with Gasteiger partial charge in [-0.05, 0) is 39.7 Å². The van der Waals surface area contributed by atoms with Crippen molar-refractivity contribution in [2.24, 2.45) is 0 Å². The summed E-state index contributed by atoms with van der Waals surface area (Å²) >= 11 is 0. The molecule has 1 N–H and O–H groups in total. The standard InChI is InChI=1S/C12H21BN2O2/c1-8(2)9-7-10(15-14-9)13-16-11(3,4)12(5,6)17-13/h7-8H,1-6H3,(H,14,15). The van der Waals surface area contributed by atoms with Gasteiger partial charge in [0, 0.05) is 0 Å². The van der Waals surface area contributed by atoms with Gasteiger partial charge in [-0.15, -0.1) is 0 Å². The number of hydrogen-bond donors (Lipinski definition) is 1.